The van der Waals surface area contributed by atoms with Gasteiger partial charge in [0.15, 0.2) is 0 Å². The smallest absolute Gasteiger partial charge is 0.306 e. The van der Waals surface area contributed by atoms with Crippen LogP contribution in [0.2, 0.25) is 0 Å². The highest BCUT2D eigenvalue weighted by molar-refractivity contribution is 7.86. The van der Waals surface area contributed by atoms with Gasteiger partial charge < -0.3 is 9.08 Å². The van der Waals surface area contributed by atoms with Crippen LogP contribution in [0.25, 0.3) is 0 Å². The average molecular weight is 404 g/mol. The second kappa shape index (κ2) is 9.73. The Bertz CT molecular complexity index is 863. The zero-order valence-corrected chi connectivity index (χ0v) is 17.8. The van der Waals surface area contributed by atoms with Crippen molar-refractivity contribution in [3.8, 4) is 5.75 Å². The Morgan fingerprint density at radius 1 is 1.00 bits per heavy atom. The predicted octanol–water partition coefficient (Wildman–Crippen LogP) is 4.35. The molecule has 28 heavy (non-hydrogen) atoms. The molecule has 0 aliphatic rings. The molecular weight excluding hydrogens is 374 g/mol. The monoisotopic (exact) mass is 403 g/mol. The third kappa shape index (κ3) is 6.09. The number of amides is 1. The molecule has 2 unspecified atom stereocenters. The normalized spacial score (nSPS) is 13.6. The summed E-state index contributed by atoms with van der Waals surface area (Å²) in [5.41, 5.74) is 1.96. The number of benzene rings is 2. The summed E-state index contributed by atoms with van der Waals surface area (Å²) < 4.78 is 27.4. The fourth-order valence-electron chi connectivity index (χ4n) is 3.13. The van der Waals surface area contributed by atoms with E-state index in [1.54, 1.807) is 24.3 Å². The number of carbonyl (C=O) groups excluding carboxylic acids is 1. The summed E-state index contributed by atoms with van der Waals surface area (Å²) in [6, 6.07) is 16.8. The van der Waals surface area contributed by atoms with Gasteiger partial charge in [-0.25, -0.2) is 0 Å². The second-order valence-electron chi connectivity index (χ2n) is 7.03. The van der Waals surface area contributed by atoms with Gasteiger partial charge in [0.1, 0.15) is 5.75 Å². The topological polar surface area (TPSA) is 63.7 Å². The van der Waals surface area contributed by atoms with Crippen molar-refractivity contribution in [1.29, 1.82) is 0 Å². The third-order valence-corrected chi connectivity index (χ3v) is 5.33. The molecule has 1 amide bonds. The van der Waals surface area contributed by atoms with Crippen molar-refractivity contribution < 1.29 is 17.4 Å². The van der Waals surface area contributed by atoms with Crippen LogP contribution in [-0.2, 0) is 21.5 Å². The van der Waals surface area contributed by atoms with Crippen molar-refractivity contribution in [3.05, 3.63) is 65.7 Å². The van der Waals surface area contributed by atoms with E-state index in [2.05, 4.69) is 13.8 Å². The average Bonchev–Trinajstić information content (AvgIpc) is 2.67. The minimum absolute atomic E-state index is 0.0946. The maximum absolute atomic E-state index is 13.4. The Morgan fingerprint density at radius 2 is 1.61 bits per heavy atom. The summed E-state index contributed by atoms with van der Waals surface area (Å²) in [7, 11) is -3.55. The van der Waals surface area contributed by atoms with Crippen molar-refractivity contribution >= 4 is 16.0 Å². The van der Waals surface area contributed by atoms with E-state index in [4.69, 9.17) is 4.18 Å². The first-order valence-electron chi connectivity index (χ1n) is 9.59. The van der Waals surface area contributed by atoms with Gasteiger partial charge in [-0.15, -0.1) is 0 Å². The van der Waals surface area contributed by atoms with E-state index >= 15 is 0 Å². The van der Waals surface area contributed by atoms with Gasteiger partial charge in [0.2, 0.25) is 5.91 Å². The van der Waals surface area contributed by atoms with Crippen LogP contribution in [0, 0.1) is 0 Å². The van der Waals surface area contributed by atoms with E-state index < -0.39 is 10.1 Å². The maximum atomic E-state index is 13.4. The van der Waals surface area contributed by atoms with Crippen LogP contribution >= 0.6 is 0 Å². The van der Waals surface area contributed by atoms with E-state index in [1.807, 2.05) is 42.2 Å². The molecule has 0 radical (unpaired) electrons. The molecule has 0 aliphatic carbocycles. The molecule has 0 saturated carbocycles. The molecule has 0 fully saturated rings. The van der Waals surface area contributed by atoms with Gasteiger partial charge in [-0.2, -0.15) is 8.42 Å². The summed E-state index contributed by atoms with van der Waals surface area (Å²) in [5, 5.41) is 0. The highest BCUT2D eigenvalue weighted by atomic mass is 32.2. The van der Waals surface area contributed by atoms with E-state index in [-0.39, 0.29) is 23.6 Å². The molecule has 0 bridgehead atoms. The molecule has 152 valence electrons. The molecule has 0 N–H and O–H groups in total. The van der Waals surface area contributed by atoms with Crippen LogP contribution in [0.5, 0.6) is 5.75 Å². The van der Waals surface area contributed by atoms with Crippen LogP contribution in [0.4, 0.5) is 0 Å². The first-order chi connectivity index (χ1) is 13.2. The lowest BCUT2D eigenvalue weighted by Gasteiger charge is -2.32. The summed E-state index contributed by atoms with van der Waals surface area (Å²) >= 11 is 0. The van der Waals surface area contributed by atoms with Crippen molar-refractivity contribution in [1.82, 2.24) is 4.90 Å². The van der Waals surface area contributed by atoms with Crippen molar-refractivity contribution in [3.63, 3.8) is 0 Å². The minimum Gasteiger partial charge on any atom is -0.383 e. The minimum atomic E-state index is -3.55. The zero-order valence-electron chi connectivity index (χ0n) is 17.0. The largest absolute Gasteiger partial charge is 0.383 e. The Labute approximate surface area is 168 Å². The van der Waals surface area contributed by atoms with Crippen LogP contribution in [0.1, 0.15) is 50.7 Å². The molecule has 2 aromatic rings. The quantitative estimate of drug-likeness (QED) is 0.584. The zero-order chi connectivity index (χ0) is 20.7. The van der Waals surface area contributed by atoms with Crippen molar-refractivity contribution in [2.45, 2.75) is 52.1 Å². The highest BCUT2D eigenvalue weighted by Crippen LogP contribution is 2.25. The number of nitrogens with zero attached hydrogens (tertiary/aromatic N) is 1. The third-order valence-electron chi connectivity index (χ3n) is 4.84. The Kier molecular flexibility index (Phi) is 7.63. The molecule has 0 saturated heterocycles. The van der Waals surface area contributed by atoms with Gasteiger partial charge in [0.05, 0.1) is 12.2 Å². The maximum Gasteiger partial charge on any atom is 0.306 e. The highest BCUT2D eigenvalue weighted by Gasteiger charge is 2.27. The Hall–Kier alpha value is -2.34. The second-order valence-corrected chi connectivity index (χ2v) is 8.60. The van der Waals surface area contributed by atoms with Gasteiger partial charge in [-0.3, -0.25) is 4.79 Å². The van der Waals surface area contributed by atoms with Gasteiger partial charge in [-0.1, -0.05) is 56.3 Å². The van der Waals surface area contributed by atoms with Crippen LogP contribution in [0.15, 0.2) is 54.6 Å². The van der Waals surface area contributed by atoms with Crippen LogP contribution in [0.3, 0.4) is 0 Å². The molecule has 2 aromatic carbocycles. The summed E-state index contributed by atoms with van der Waals surface area (Å²) in [6.45, 7) is 6.62. The number of carbonyl (C=O) groups is 1. The summed E-state index contributed by atoms with van der Waals surface area (Å²) in [5.74, 6) is 0.200. The number of rotatable bonds is 9. The molecule has 0 aromatic heterocycles. The molecule has 2 atom stereocenters. The van der Waals surface area contributed by atoms with E-state index in [0.717, 1.165) is 30.2 Å². The van der Waals surface area contributed by atoms with Crippen LogP contribution in [-0.4, -0.2) is 31.5 Å². The standard InChI is InChI=1S/C22H29NO4S/c1-5-17(3)23(22(24)21(6-2)19-10-8-7-9-11-19)16-18-12-14-20(15-13-18)27-28(4,25)26/h7-15,17,21H,5-6,16H2,1-4H3. The van der Waals surface area contributed by atoms with Crippen LogP contribution < -0.4 is 4.18 Å². The lowest BCUT2D eigenvalue weighted by atomic mass is 9.94. The van der Waals surface area contributed by atoms with Gasteiger partial charge in [-0.05, 0) is 43.0 Å². The summed E-state index contributed by atoms with van der Waals surface area (Å²) in [6.07, 6.45) is 2.60. The Balaban J connectivity index is 2.22. The van der Waals surface area contributed by atoms with Gasteiger partial charge in [0.25, 0.3) is 0 Å². The fraction of sp³-hybridized carbons (Fsp3) is 0.409. The van der Waals surface area contributed by atoms with Crippen molar-refractivity contribution in [2.75, 3.05) is 6.26 Å². The number of hydrogen-bond acceptors (Lipinski definition) is 4. The molecule has 0 spiro atoms. The van der Waals surface area contributed by atoms with E-state index in [0.29, 0.717) is 6.54 Å². The Morgan fingerprint density at radius 3 is 2.11 bits per heavy atom. The predicted molar refractivity (Wildman–Crippen MR) is 112 cm³/mol. The molecule has 6 heteroatoms. The fourth-order valence-corrected chi connectivity index (χ4v) is 3.59. The van der Waals surface area contributed by atoms with E-state index in [9.17, 15) is 13.2 Å². The molecule has 5 nitrogen and oxygen atoms in total. The van der Waals surface area contributed by atoms with Gasteiger partial charge in [0, 0.05) is 12.6 Å². The number of hydrogen-bond donors (Lipinski definition) is 0. The molecule has 0 aliphatic heterocycles. The van der Waals surface area contributed by atoms with Gasteiger partial charge >= 0.3 is 10.1 Å². The first kappa shape index (κ1) is 22.0. The van der Waals surface area contributed by atoms with E-state index in [1.165, 1.54) is 0 Å². The summed E-state index contributed by atoms with van der Waals surface area (Å²) in [4.78, 5) is 15.3. The SMILES string of the molecule is CCC(C(=O)N(Cc1ccc(OS(C)(=O)=O)cc1)C(C)CC)c1ccccc1. The van der Waals surface area contributed by atoms with Crippen molar-refractivity contribution in [2.24, 2.45) is 0 Å². The molecule has 2 rings (SSSR count). The lowest BCUT2D eigenvalue weighted by molar-refractivity contribution is -0.135. The lowest BCUT2D eigenvalue weighted by Crippen LogP contribution is -2.40. The first-order valence-corrected chi connectivity index (χ1v) is 11.4. The molecule has 0 heterocycles. The molecular formula is C22H29NO4S.